The molecular formula is C32H42ClN2O8V-. The van der Waals surface area contributed by atoms with Gasteiger partial charge in [0.2, 0.25) is 5.91 Å². The number of allylic oxidation sites excluding steroid dienone is 3. The van der Waals surface area contributed by atoms with Gasteiger partial charge in [-0.1, -0.05) is 61.2 Å². The Kier molecular flexibility index (Phi) is 11.5. The average Bonchev–Trinajstić information content (AvgIpc) is 3.62. The molecule has 12 heteroatoms. The fraction of sp³-hybridized carbons (Fsp3) is 0.562. The van der Waals surface area contributed by atoms with Crippen molar-refractivity contribution in [3.8, 4) is 0 Å². The first-order valence-electron chi connectivity index (χ1n) is 14.4. The van der Waals surface area contributed by atoms with Crippen LogP contribution >= 0.6 is 11.6 Å². The number of epoxide rings is 1. The maximum Gasteiger partial charge on any atom is 0.409 e. The molecule has 44 heavy (non-hydrogen) atoms. The van der Waals surface area contributed by atoms with Crippen LogP contribution in [0, 0.1) is 25.7 Å². The van der Waals surface area contributed by atoms with Gasteiger partial charge in [0.15, 0.2) is 5.72 Å². The van der Waals surface area contributed by atoms with Gasteiger partial charge in [0, 0.05) is 45.1 Å². The van der Waals surface area contributed by atoms with E-state index >= 15 is 0 Å². The van der Waals surface area contributed by atoms with Crippen LogP contribution in [0.3, 0.4) is 0 Å². The van der Waals surface area contributed by atoms with Crippen LogP contribution in [0.4, 0.5) is 10.5 Å². The van der Waals surface area contributed by atoms with Gasteiger partial charge >= 0.3 is 6.09 Å². The number of esters is 1. The Hall–Kier alpha value is -2.34. The van der Waals surface area contributed by atoms with Crippen molar-refractivity contribution in [2.45, 2.75) is 89.6 Å². The third-order valence-electron chi connectivity index (χ3n) is 8.61. The summed E-state index contributed by atoms with van der Waals surface area (Å²) in [4.78, 5) is 40.6. The van der Waals surface area contributed by atoms with E-state index in [2.05, 4.69) is 12.2 Å². The molecule has 241 valence electrons. The van der Waals surface area contributed by atoms with Crippen molar-refractivity contribution in [2.24, 2.45) is 11.8 Å². The largest absolute Gasteiger partial charge is 0.460 e. The molecule has 0 spiro atoms. The Morgan fingerprint density at radius 3 is 2.61 bits per heavy atom. The molecule has 3 heterocycles. The van der Waals surface area contributed by atoms with Crippen LogP contribution in [0.5, 0.6) is 0 Å². The number of benzene rings is 1. The molecule has 1 aromatic carbocycles. The summed E-state index contributed by atoms with van der Waals surface area (Å²) in [5.41, 5.74) is 0.470. The van der Waals surface area contributed by atoms with Gasteiger partial charge in [-0.25, -0.2) is 4.79 Å². The zero-order chi connectivity index (χ0) is 31.9. The number of carbonyl (C=O) groups excluding carboxylic acids is 3. The van der Waals surface area contributed by atoms with Gasteiger partial charge in [-0.15, -0.1) is 0 Å². The van der Waals surface area contributed by atoms with E-state index in [0.717, 1.165) is 16.7 Å². The van der Waals surface area contributed by atoms with Crippen molar-refractivity contribution < 1.29 is 57.0 Å². The van der Waals surface area contributed by atoms with Gasteiger partial charge < -0.3 is 35.9 Å². The van der Waals surface area contributed by atoms with Crippen LogP contribution in [0.25, 0.3) is 0 Å². The van der Waals surface area contributed by atoms with Gasteiger partial charge in [0.25, 0.3) is 5.97 Å². The second kappa shape index (κ2) is 14.0. The molecule has 0 aromatic heterocycles. The third kappa shape index (κ3) is 7.54. The molecule has 0 aliphatic carbocycles. The summed E-state index contributed by atoms with van der Waals surface area (Å²) in [6.45, 7) is 12.8. The number of methoxy groups -OCH3 is 1. The quantitative estimate of drug-likeness (QED) is 0.275. The summed E-state index contributed by atoms with van der Waals surface area (Å²) in [7, 11) is 3.09. The Morgan fingerprint density at radius 1 is 1.30 bits per heavy atom. The fourth-order valence-corrected chi connectivity index (χ4v) is 6.13. The second-order valence-electron chi connectivity index (χ2n) is 12.2. The number of carbonyl (C=O) groups is 3. The fourth-order valence-electron chi connectivity index (χ4n) is 5.90. The van der Waals surface area contributed by atoms with Crippen LogP contribution in [0.15, 0.2) is 35.9 Å². The van der Waals surface area contributed by atoms with E-state index in [1.807, 2.05) is 39.0 Å². The molecule has 3 aliphatic rings. The molecule has 3 aliphatic heterocycles. The summed E-state index contributed by atoms with van der Waals surface area (Å²) in [6, 6.07) is 3.84. The number of rotatable bonds is 3. The van der Waals surface area contributed by atoms with E-state index < -0.39 is 59.6 Å². The number of alkyl carbamates (subject to hydrolysis) is 1. The zero-order valence-corrected chi connectivity index (χ0v) is 28.4. The normalized spacial score (nSPS) is 35.1. The molecule has 10 nitrogen and oxygen atoms in total. The molecular weight excluding hydrogens is 627 g/mol. The van der Waals surface area contributed by atoms with E-state index in [0.29, 0.717) is 17.1 Å². The summed E-state index contributed by atoms with van der Waals surface area (Å²) in [5, 5.41) is 14.5. The predicted octanol–water partition coefficient (Wildman–Crippen LogP) is 4.44. The van der Waals surface area contributed by atoms with Crippen molar-refractivity contribution in [1.29, 1.82) is 0 Å². The first-order chi connectivity index (χ1) is 20.1. The Labute approximate surface area is 276 Å². The number of nitrogens with one attached hydrogen (secondary N) is 1. The first kappa shape index (κ1) is 36.1. The number of aliphatic hydroxyl groups is 1. The molecule has 0 saturated carbocycles. The second-order valence-corrected chi connectivity index (χ2v) is 12.6. The Bertz CT molecular complexity index is 1340. The van der Waals surface area contributed by atoms with Gasteiger partial charge in [0.05, 0.1) is 23.2 Å². The van der Waals surface area contributed by atoms with Crippen molar-refractivity contribution in [3.05, 3.63) is 59.0 Å². The van der Waals surface area contributed by atoms with Crippen molar-refractivity contribution >= 4 is 35.3 Å². The molecule has 0 unspecified atom stereocenters. The number of amides is 2. The van der Waals surface area contributed by atoms with Crippen LogP contribution in [0.1, 0.15) is 51.7 Å². The standard InChI is InChI=1S/C32H42ClN2O8.V/c1-17(2)29(37)42-25-15-26(36)35(7)22-14-21(13-19(4)27(22)33)12-18(3)10-9-11-24(40-8)32(39)16-23(41-30(38)34-32)20(5)28-31(25,6)43-28;/h9-11,13-14,17,20,23-25,28,39H,1,12,15-16H2,2-8H3,(H,34,38);/q-1;/b11-9+,18-10+;/t17-,20-,23-,24+,25-,28+,31-,32-;/m0./s1. The number of fused-ring (bicyclic) bond motifs is 5. The molecule has 2 amide bonds. The van der Waals surface area contributed by atoms with Gasteiger partial charge in [-0.3, -0.25) is 14.9 Å². The first-order valence-corrected chi connectivity index (χ1v) is 14.8. The minimum absolute atomic E-state index is 0. The van der Waals surface area contributed by atoms with Crippen molar-refractivity contribution in [1.82, 2.24) is 5.32 Å². The van der Waals surface area contributed by atoms with E-state index in [9.17, 15) is 19.5 Å². The molecule has 4 bridgehead atoms. The van der Waals surface area contributed by atoms with Crippen LogP contribution in [0.2, 0.25) is 5.02 Å². The topological polar surface area (TPSA) is 127 Å². The number of hydrogen-bond donors (Lipinski definition) is 2. The van der Waals surface area contributed by atoms with Gasteiger partial charge in [-0.05, 0) is 44.4 Å². The average molecular weight is 669 g/mol. The van der Waals surface area contributed by atoms with E-state index in [1.54, 1.807) is 33.0 Å². The molecule has 2 saturated heterocycles. The number of nitrogens with zero attached hydrogens (tertiary/aromatic N) is 1. The Balaban J connectivity index is 0.00000529. The van der Waals surface area contributed by atoms with Gasteiger partial charge in [0.1, 0.15) is 23.9 Å². The number of halogens is 1. The molecule has 2 fully saturated rings. The number of ether oxygens (including phenoxy) is 4. The minimum Gasteiger partial charge on any atom is -0.460 e. The monoisotopic (exact) mass is 668 g/mol. The third-order valence-corrected chi connectivity index (χ3v) is 9.10. The van der Waals surface area contributed by atoms with Crippen LogP contribution in [-0.4, -0.2) is 73.0 Å². The maximum atomic E-state index is 13.7. The zero-order valence-electron chi connectivity index (χ0n) is 26.3. The minimum atomic E-state index is -1.76. The summed E-state index contributed by atoms with van der Waals surface area (Å²) < 4.78 is 23.2. The Morgan fingerprint density at radius 2 is 1.98 bits per heavy atom. The SMILES string of the molecule is [CH2-][C@@H](C)C(=O)O[C@H]1CC(=O)N(C)c2cc(cc(C)c2Cl)C/C(C)=C/C=C/[C@@H](OC)[C@@]2(O)C[C@H](OC(=O)N2)[C@H](C)[C@H]2O[C@@]12C.[V]. The smallest absolute Gasteiger partial charge is 0.409 e. The predicted molar refractivity (Wildman–Crippen MR) is 161 cm³/mol. The summed E-state index contributed by atoms with van der Waals surface area (Å²) in [6.07, 6.45) is 1.80. The van der Waals surface area contributed by atoms with Crippen molar-refractivity contribution in [2.75, 3.05) is 19.1 Å². The summed E-state index contributed by atoms with van der Waals surface area (Å²) in [5.74, 6) is -2.01. The van der Waals surface area contributed by atoms with Crippen LogP contribution in [-0.2, 0) is 53.5 Å². The van der Waals surface area contributed by atoms with Crippen molar-refractivity contribution in [3.63, 3.8) is 0 Å². The number of anilines is 1. The van der Waals surface area contributed by atoms with E-state index in [1.165, 1.54) is 12.0 Å². The van der Waals surface area contributed by atoms with Gasteiger partial charge in [-0.2, -0.15) is 0 Å². The molecule has 1 radical (unpaired) electrons. The van der Waals surface area contributed by atoms with E-state index in [-0.39, 0.29) is 37.3 Å². The number of hydrogen-bond acceptors (Lipinski definition) is 8. The maximum absolute atomic E-state index is 13.7. The molecule has 4 rings (SSSR count). The van der Waals surface area contributed by atoms with Crippen LogP contribution < -0.4 is 10.2 Å². The van der Waals surface area contributed by atoms with E-state index in [4.69, 9.17) is 30.5 Å². The summed E-state index contributed by atoms with van der Waals surface area (Å²) >= 11 is 6.68. The molecule has 2 N–H and O–H groups in total. The molecule has 1 aromatic rings. The molecule has 8 atom stereocenters. The number of aryl methyl sites for hydroxylation is 1.